The Morgan fingerprint density at radius 3 is 1.33 bits per heavy atom. The normalized spacial score (nSPS) is 9.73. The maximum absolute atomic E-state index is 11.8. The quantitative estimate of drug-likeness (QED) is 0.217. The van der Waals surface area contributed by atoms with Crippen LogP contribution in [-0.4, -0.2) is 35.1 Å². The highest BCUT2D eigenvalue weighted by molar-refractivity contribution is 7.80. The Bertz CT molecular complexity index is 777. The third kappa shape index (κ3) is 9.30. The van der Waals surface area contributed by atoms with Crippen molar-refractivity contribution in [3.05, 3.63) is 71.8 Å². The van der Waals surface area contributed by atoms with Gasteiger partial charge in [0.2, 0.25) is 0 Å². The van der Waals surface area contributed by atoms with Gasteiger partial charge in [-0.15, -0.1) is 0 Å². The Morgan fingerprint density at radius 1 is 0.600 bits per heavy atom. The summed E-state index contributed by atoms with van der Waals surface area (Å²) in [6, 6.07) is 19.8. The van der Waals surface area contributed by atoms with Crippen LogP contribution in [0.5, 0.6) is 0 Å². The molecule has 2 aromatic carbocycles. The smallest absolute Gasteiger partial charge is 0.329 e. The van der Waals surface area contributed by atoms with Crippen LogP contribution < -0.4 is 32.3 Å². The molecule has 2 aromatic rings. The summed E-state index contributed by atoms with van der Waals surface area (Å²) in [6.07, 6.45) is 1.55. The number of nitrogens with one attached hydrogen (secondary N) is 6. The van der Waals surface area contributed by atoms with Crippen molar-refractivity contribution in [3.8, 4) is 0 Å². The van der Waals surface area contributed by atoms with Crippen LogP contribution >= 0.6 is 24.4 Å². The van der Waals surface area contributed by atoms with Gasteiger partial charge in [0, 0.05) is 13.1 Å². The van der Waals surface area contributed by atoms with Gasteiger partial charge in [-0.05, 0) is 48.4 Å². The van der Waals surface area contributed by atoms with E-state index < -0.39 is 11.8 Å². The van der Waals surface area contributed by atoms with Gasteiger partial charge < -0.3 is 10.6 Å². The Morgan fingerprint density at radius 2 is 0.967 bits per heavy atom. The number of thiocarbonyl (C=S) groups is 2. The van der Waals surface area contributed by atoms with Crippen LogP contribution in [0.2, 0.25) is 0 Å². The fraction of sp³-hybridized carbons (Fsp3) is 0.200. The van der Waals surface area contributed by atoms with Crippen LogP contribution in [0.15, 0.2) is 60.7 Å². The number of hydrogen-bond acceptors (Lipinski definition) is 4. The molecule has 0 aliphatic rings. The molecule has 2 amide bonds. The van der Waals surface area contributed by atoms with Gasteiger partial charge in [0.05, 0.1) is 0 Å². The highest BCUT2D eigenvalue weighted by Gasteiger charge is 2.13. The van der Waals surface area contributed by atoms with E-state index in [4.69, 9.17) is 24.4 Å². The lowest BCUT2D eigenvalue weighted by atomic mass is 10.1. The zero-order valence-corrected chi connectivity index (χ0v) is 17.9. The third-order valence-corrected chi connectivity index (χ3v) is 4.36. The van der Waals surface area contributed by atoms with Crippen molar-refractivity contribution < 1.29 is 9.59 Å². The first-order valence-electron chi connectivity index (χ1n) is 9.30. The van der Waals surface area contributed by atoms with Crippen molar-refractivity contribution in [2.24, 2.45) is 0 Å². The van der Waals surface area contributed by atoms with Crippen molar-refractivity contribution >= 4 is 46.5 Å². The van der Waals surface area contributed by atoms with Gasteiger partial charge >= 0.3 is 11.8 Å². The number of benzene rings is 2. The van der Waals surface area contributed by atoms with Gasteiger partial charge in [0.1, 0.15) is 0 Å². The highest BCUT2D eigenvalue weighted by atomic mass is 32.1. The van der Waals surface area contributed by atoms with Crippen LogP contribution in [0, 0.1) is 0 Å². The van der Waals surface area contributed by atoms with E-state index in [9.17, 15) is 9.59 Å². The van der Waals surface area contributed by atoms with Crippen molar-refractivity contribution in [1.29, 1.82) is 0 Å². The number of amides is 2. The number of rotatable bonds is 6. The Balaban J connectivity index is 1.54. The maximum Gasteiger partial charge on any atom is 0.329 e. The van der Waals surface area contributed by atoms with Crippen molar-refractivity contribution in [2.75, 3.05) is 13.1 Å². The predicted octanol–water partition coefficient (Wildman–Crippen LogP) is 0.462. The molecule has 2 rings (SSSR count). The molecule has 8 nitrogen and oxygen atoms in total. The average Bonchev–Trinajstić information content (AvgIpc) is 2.77. The molecular formula is C20H24N6O2S2. The van der Waals surface area contributed by atoms with Gasteiger partial charge in [-0.3, -0.25) is 31.3 Å². The van der Waals surface area contributed by atoms with Crippen LogP contribution in [0.25, 0.3) is 0 Å². The average molecular weight is 445 g/mol. The van der Waals surface area contributed by atoms with E-state index in [1.807, 2.05) is 60.7 Å². The number of carbonyl (C=O) groups is 2. The molecule has 158 valence electrons. The highest BCUT2D eigenvalue weighted by Crippen LogP contribution is 1.98. The monoisotopic (exact) mass is 444 g/mol. The van der Waals surface area contributed by atoms with E-state index in [1.165, 1.54) is 0 Å². The van der Waals surface area contributed by atoms with Crippen molar-refractivity contribution in [1.82, 2.24) is 32.3 Å². The fourth-order valence-electron chi connectivity index (χ4n) is 2.36. The predicted molar refractivity (Wildman–Crippen MR) is 124 cm³/mol. The molecule has 0 unspecified atom stereocenters. The van der Waals surface area contributed by atoms with E-state index in [-0.39, 0.29) is 10.2 Å². The molecule has 0 aromatic heterocycles. The molecule has 0 atom stereocenters. The largest absolute Gasteiger partial charge is 0.361 e. The van der Waals surface area contributed by atoms with Gasteiger partial charge in [-0.25, -0.2) is 0 Å². The second-order valence-corrected chi connectivity index (χ2v) is 6.96. The first-order chi connectivity index (χ1) is 14.5. The number of hydrogen-bond donors (Lipinski definition) is 6. The standard InChI is InChI=1S/C20H24N6O2S2/c27-17(23-25-19(29)21-13-11-15-7-3-1-4-8-15)18(28)24-26-20(30)22-14-12-16-9-5-2-6-10-16/h1-10H,11-14H2,(H,23,27)(H,24,28)(H2,21,25,29)(H2,22,26,30). The summed E-state index contributed by atoms with van der Waals surface area (Å²) in [5.74, 6) is -1.83. The van der Waals surface area contributed by atoms with E-state index in [0.29, 0.717) is 13.1 Å². The van der Waals surface area contributed by atoms with Crippen LogP contribution in [0.1, 0.15) is 11.1 Å². The summed E-state index contributed by atoms with van der Waals surface area (Å²) in [6.45, 7) is 1.17. The topological polar surface area (TPSA) is 106 Å². The molecule has 0 aliphatic carbocycles. The van der Waals surface area contributed by atoms with Gasteiger partial charge in [0.15, 0.2) is 10.2 Å². The van der Waals surface area contributed by atoms with E-state index >= 15 is 0 Å². The summed E-state index contributed by atoms with van der Waals surface area (Å²) in [7, 11) is 0. The molecular weight excluding hydrogens is 420 g/mol. The lowest BCUT2D eigenvalue weighted by molar-refractivity contribution is -0.139. The van der Waals surface area contributed by atoms with Crippen LogP contribution in [0.4, 0.5) is 0 Å². The Labute approximate surface area is 186 Å². The molecule has 0 bridgehead atoms. The summed E-state index contributed by atoms with van der Waals surface area (Å²) in [5, 5.41) is 6.29. The van der Waals surface area contributed by atoms with E-state index in [1.54, 1.807) is 0 Å². The van der Waals surface area contributed by atoms with E-state index in [0.717, 1.165) is 24.0 Å². The molecule has 0 heterocycles. The Hall–Kier alpha value is -3.24. The molecule has 0 radical (unpaired) electrons. The zero-order valence-electron chi connectivity index (χ0n) is 16.2. The lowest BCUT2D eigenvalue weighted by Crippen LogP contribution is -2.55. The van der Waals surface area contributed by atoms with Crippen molar-refractivity contribution in [3.63, 3.8) is 0 Å². The fourth-order valence-corrected chi connectivity index (χ4v) is 2.67. The second kappa shape index (κ2) is 13.1. The Kier molecular flexibility index (Phi) is 10.0. The van der Waals surface area contributed by atoms with Crippen LogP contribution in [0.3, 0.4) is 0 Å². The first kappa shape index (κ1) is 23.0. The minimum Gasteiger partial charge on any atom is -0.361 e. The van der Waals surface area contributed by atoms with Gasteiger partial charge in [0.25, 0.3) is 0 Å². The number of hydrazine groups is 2. The molecule has 0 spiro atoms. The van der Waals surface area contributed by atoms with Gasteiger partial charge in [-0.2, -0.15) is 0 Å². The minimum atomic E-state index is -0.915. The summed E-state index contributed by atoms with van der Waals surface area (Å²) >= 11 is 10.1. The van der Waals surface area contributed by atoms with E-state index in [2.05, 4.69) is 32.3 Å². The first-order valence-corrected chi connectivity index (χ1v) is 10.1. The summed E-state index contributed by atoms with van der Waals surface area (Å²) in [5.41, 5.74) is 11.7. The third-order valence-electron chi connectivity index (χ3n) is 3.87. The molecule has 30 heavy (non-hydrogen) atoms. The summed E-state index contributed by atoms with van der Waals surface area (Å²) in [4.78, 5) is 23.6. The molecule has 0 fully saturated rings. The van der Waals surface area contributed by atoms with Gasteiger partial charge in [-0.1, -0.05) is 60.7 Å². The SMILES string of the molecule is O=C(NNC(=S)NCCc1ccccc1)C(=O)NNC(=S)NCCc1ccccc1. The molecule has 10 heteroatoms. The minimum absolute atomic E-state index is 0.207. The summed E-state index contributed by atoms with van der Waals surface area (Å²) < 4.78 is 0. The molecule has 0 saturated carbocycles. The second-order valence-electron chi connectivity index (χ2n) is 6.14. The maximum atomic E-state index is 11.8. The molecule has 0 saturated heterocycles. The lowest BCUT2D eigenvalue weighted by Gasteiger charge is -2.13. The molecule has 0 aliphatic heterocycles. The number of carbonyl (C=O) groups excluding carboxylic acids is 2. The van der Waals surface area contributed by atoms with Crippen LogP contribution in [-0.2, 0) is 22.4 Å². The van der Waals surface area contributed by atoms with Crippen molar-refractivity contribution in [2.45, 2.75) is 12.8 Å². The molecule has 6 N–H and O–H groups in total. The zero-order chi connectivity index (χ0) is 21.6.